The van der Waals surface area contributed by atoms with E-state index in [0.29, 0.717) is 27.2 Å². The Bertz CT molecular complexity index is 955. The minimum atomic E-state index is -0.434. The SMILES string of the molecule is CCc1ccc(Cn2cnc3sc(C(=O)OC)c(C)c3c2=O)cc1. The van der Waals surface area contributed by atoms with E-state index in [0.717, 1.165) is 12.0 Å². The van der Waals surface area contributed by atoms with E-state index in [1.165, 1.54) is 30.3 Å². The van der Waals surface area contributed by atoms with Crippen LogP contribution in [0.3, 0.4) is 0 Å². The summed E-state index contributed by atoms with van der Waals surface area (Å²) >= 11 is 1.19. The highest BCUT2D eigenvalue weighted by Gasteiger charge is 2.19. The lowest BCUT2D eigenvalue weighted by Crippen LogP contribution is -2.21. The summed E-state index contributed by atoms with van der Waals surface area (Å²) in [4.78, 5) is 29.9. The van der Waals surface area contributed by atoms with Crippen LogP contribution in [0.5, 0.6) is 0 Å². The van der Waals surface area contributed by atoms with Crippen molar-refractivity contribution in [3.8, 4) is 0 Å². The number of aromatic nitrogens is 2. The van der Waals surface area contributed by atoms with Crippen LogP contribution in [0.1, 0.15) is 33.3 Å². The second kappa shape index (κ2) is 6.57. The van der Waals surface area contributed by atoms with Crippen LogP contribution in [0, 0.1) is 6.92 Å². The number of hydrogen-bond donors (Lipinski definition) is 0. The van der Waals surface area contributed by atoms with E-state index >= 15 is 0 Å². The third-order valence-electron chi connectivity index (χ3n) is 4.07. The normalized spacial score (nSPS) is 11.0. The quantitative estimate of drug-likeness (QED) is 0.683. The van der Waals surface area contributed by atoms with Crippen LogP contribution in [-0.2, 0) is 17.7 Å². The Morgan fingerprint density at radius 3 is 2.54 bits per heavy atom. The highest BCUT2D eigenvalue weighted by atomic mass is 32.1. The summed E-state index contributed by atoms with van der Waals surface area (Å²) in [5, 5.41) is 0.494. The molecule has 0 aliphatic carbocycles. The summed E-state index contributed by atoms with van der Waals surface area (Å²) < 4.78 is 6.34. The van der Waals surface area contributed by atoms with Gasteiger partial charge in [-0.25, -0.2) is 9.78 Å². The Kier molecular flexibility index (Phi) is 4.49. The van der Waals surface area contributed by atoms with E-state index in [1.54, 1.807) is 11.5 Å². The molecular weight excluding hydrogens is 324 g/mol. The Hall–Kier alpha value is -2.47. The van der Waals surface area contributed by atoms with Gasteiger partial charge in [-0.15, -0.1) is 11.3 Å². The molecule has 0 atom stereocenters. The average Bonchev–Trinajstić information content (AvgIpc) is 2.95. The summed E-state index contributed by atoms with van der Waals surface area (Å²) in [5.41, 5.74) is 2.80. The van der Waals surface area contributed by atoms with Crippen LogP contribution < -0.4 is 5.56 Å². The molecule has 0 unspecified atom stereocenters. The number of esters is 1. The molecule has 3 rings (SSSR count). The molecule has 5 nitrogen and oxygen atoms in total. The Morgan fingerprint density at radius 2 is 1.92 bits per heavy atom. The lowest BCUT2D eigenvalue weighted by Gasteiger charge is -2.06. The third kappa shape index (κ3) is 2.85. The zero-order chi connectivity index (χ0) is 17.3. The fourth-order valence-corrected chi connectivity index (χ4v) is 3.69. The minimum absolute atomic E-state index is 0.136. The largest absolute Gasteiger partial charge is 0.465 e. The number of methoxy groups -OCH3 is 1. The van der Waals surface area contributed by atoms with Gasteiger partial charge in [-0.3, -0.25) is 9.36 Å². The number of aryl methyl sites for hydroxylation is 2. The molecule has 0 aliphatic heterocycles. The van der Waals surface area contributed by atoms with Gasteiger partial charge in [0.15, 0.2) is 0 Å². The summed E-state index contributed by atoms with van der Waals surface area (Å²) in [6.45, 7) is 4.32. The van der Waals surface area contributed by atoms with Gasteiger partial charge in [0.25, 0.3) is 5.56 Å². The van der Waals surface area contributed by atoms with Crippen molar-refractivity contribution >= 4 is 27.5 Å². The van der Waals surface area contributed by atoms with Crippen LogP contribution >= 0.6 is 11.3 Å². The molecule has 24 heavy (non-hydrogen) atoms. The topological polar surface area (TPSA) is 61.2 Å². The first-order valence-electron chi connectivity index (χ1n) is 7.69. The molecule has 0 saturated heterocycles. The molecule has 2 heterocycles. The molecule has 0 saturated carbocycles. The summed E-state index contributed by atoms with van der Waals surface area (Å²) in [6.07, 6.45) is 2.52. The Morgan fingerprint density at radius 1 is 1.25 bits per heavy atom. The lowest BCUT2D eigenvalue weighted by atomic mass is 10.1. The predicted octanol–water partition coefficient (Wildman–Crippen LogP) is 3.16. The summed E-state index contributed by atoms with van der Waals surface area (Å²) in [7, 11) is 1.33. The van der Waals surface area contributed by atoms with E-state index < -0.39 is 5.97 Å². The lowest BCUT2D eigenvalue weighted by molar-refractivity contribution is 0.0605. The second-order valence-corrected chi connectivity index (χ2v) is 6.57. The van der Waals surface area contributed by atoms with Gasteiger partial charge in [0, 0.05) is 0 Å². The first kappa shape index (κ1) is 16.4. The minimum Gasteiger partial charge on any atom is -0.465 e. The third-order valence-corrected chi connectivity index (χ3v) is 5.25. The van der Waals surface area contributed by atoms with Gasteiger partial charge in [0.1, 0.15) is 9.71 Å². The van der Waals surface area contributed by atoms with E-state index in [9.17, 15) is 9.59 Å². The number of rotatable bonds is 4. The molecule has 3 aromatic rings. The number of benzene rings is 1. The van der Waals surface area contributed by atoms with Crippen molar-refractivity contribution in [2.75, 3.05) is 7.11 Å². The van der Waals surface area contributed by atoms with Crippen LogP contribution in [0.4, 0.5) is 0 Å². The van der Waals surface area contributed by atoms with Crippen LogP contribution in [0.25, 0.3) is 10.2 Å². The molecule has 6 heteroatoms. The summed E-state index contributed by atoms with van der Waals surface area (Å²) in [6, 6.07) is 8.18. The smallest absolute Gasteiger partial charge is 0.348 e. The van der Waals surface area contributed by atoms with Gasteiger partial charge >= 0.3 is 5.97 Å². The maximum absolute atomic E-state index is 12.8. The van der Waals surface area contributed by atoms with E-state index in [1.807, 2.05) is 12.1 Å². The number of nitrogens with zero attached hydrogens (tertiary/aromatic N) is 2. The molecule has 124 valence electrons. The Labute approximate surface area is 143 Å². The van der Waals surface area contributed by atoms with Crippen molar-refractivity contribution in [2.24, 2.45) is 0 Å². The number of carbonyl (C=O) groups is 1. The highest BCUT2D eigenvalue weighted by molar-refractivity contribution is 7.20. The van der Waals surface area contributed by atoms with Crippen molar-refractivity contribution in [3.05, 3.63) is 62.5 Å². The zero-order valence-electron chi connectivity index (χ0n) is 13.8. The van der Waals surface area contributed by atoms with Crippen LogP contribution in [0.15, 0.2) is 35.4 Å². The number of thiophene rings is 1. The molecule has 1 aromatic carbocycles. The maximum Gasteiger partial charge on any atom is 0.348 e. The number of ether oxygens (including phenoxy) is 1. The van der Waals surface area contributed by atoms with E-state index in [-0.39, 0.29) is 5.56 Å². The van der Waals surface area contributed by atoms with Gasteiger partial charge in [-0.1, -0.05) is 31.2 Å². The van der Waals surface area contributed by atoms with Crippen LogP contribution in [0.2, 0.25) is 0 Å². The van der Waals surface area contributed by atoms with Crippen molar-refractivity contribution < 1.29 is 9.53 Å². The number of fused-ring (bicyclic) bond motifs is 1. The monoisotopic (exact) mass is 342 g/mol. The zero-order valence-corrected chi connectivity index (χ0v) is 14.6. The first-order chi connectivity index (χ1) is 11.5. The van der Waals surface area contributed by atoms with Crippen molar-refractivity contribution in [3.63, 3.8) is 0 Å². The first-order valence-corrected chi connectivity index (χ1v) is 8.51. The van der Waals surface area contributed by atoms with Crippen molar-refractivity contribution in [2.45, 2.75) is 26.8 Å². The van der Waals surface area contributed by atoms with E-state index in [4.69, 9.17) is 4.74 Å². The Balaban J connectivity index is 2.03. The molecule has 2 aromatic heterocycles. The standard InChI is InChI=1S/C18H18N2O3S/c1-4-12-5-7-13(8-6-12)9-20-10-19-16-14(17(20)21)11(2)15(24-16)18(22)23-3/h5-8,10H,4,9H2,1-3H3. The van der Waals surface area contributed by atoms with Gasteiger partial charge in [0.05, 0.1) is 25.4 Å². The molecule has 0 aliphatic rings. The van der Waals surface area contributed by atoms with Gasteiger partial charge in [-0.2, -0.15) is 0 Å². The predicted molar refractivity (Wildman–Crippen MR) is 94.9 cm³/mol. The fourth-order valence-electron chi connectivity index (χ4n) is 2.64. The summed E-state index contributed by atoms with van der Waals surface area (Å²) in [5.74, 6) is -0.434. The molecule has 0 bridgehead atoms. The van der Waals surface area contributed by atoms with E-state index in [2.05, 4.69) is 24.0 Å². The van der Waals surface area contributed by atoms with Crippen molar-refractivity contribution in [1.29, 1.82) is 0 Å². The highest BCUT2D eigenvalue weighted by Crippen LogP contribution is 2.27. The number of hydrogen-bond acceptors (Lipinski definition) is 5. The average molecular weight is 342 g/mol. The van der Waals surface area contributed by atoms with Gasteiger partial charge < -0.3 is 4.74 Å². The second-order valence-electron chi connectivity index (χ2n) is 5.58. The molecule has 0 amide bonds. The molecular formula is C18H18N2O3S. The molecule has 0 N–H and O–H groups in total. The maximum atomic E-state index is 12.8. The molecule has 0 fully saturated rings. The van der Waals surface area contributed by atoms with Crippen molar-refractivity contribution in [1.82, 2.24) is 9.55 Å². The molecule has 0 radical (unpaired) electrons. The number of carbonyl (C=O) groups excluding carboxylic acids is 1. The van der Waals surface area contributed by atoms with Crippen LogP contribution in [-0.4, -0.2) is 22.6 Å². The van der Waals surface area contributed by atoms with Gasteiger partial charge in [-0.05, 0) is 30.0 Å². The molecule has 0 spiro atoms. The van der Waals surface area contributed by atoms with Gasteiger partial charge in [0.2, 0.25) is 0 Å². The fraction of sp³-hybridized carbons (Fsp3) is 0.278.